The molecule has 2 rings (SSSR count). The van der Waals surface area contributed by atoms with Gasteiger partial charge >= 0.3 is 5.97 Å². The average molecular weight is 246 g/mol. The molecule has 2 fully saturated rings. The maximum atomic E-state index is 11.6. The molecule has 2 saturated heterocycles. The van der Waals surface area contributed by atoms with Gasteiger partial charge in [0, 0.05) is 6.61 Å². The number of carboxylic acids is 1. The van der Waals surface area contributed by atoms with Crippen LogP contribution in [0.3, 0.4) is 0 Å². The highest BCUT2D eigenvalue weighted by Crippen LogP contribution is 2.47. The summed E-state index contributed by atoms with van der Waals surface area (Å²) in [5, 5.41) is 20.1. The lowest BCUT2D eigenvalue weighted by Crippen LogP contribution is -2.59. The monoisotopic (exact) mass is 246 g/mol. The normalized spacial score (nSPS) is 34.6. The number of aliphatic hydroxyl groups is 1. The van der Waals surface area contributed by atoms with Crippen LogP contribution in [0.15, 0.2) is 0 Å². The van der Waals surface area contributed by atoms with E-state index in [1.165, 1.54) is 0 Å². The molecule has 2 aliphatic heterocycles. The highest BCUT2D eigenvalue weighted by Gasteiger charge is 2.56. The van der Waals surface area contributed by atoms with E-state index in [2.05, 4.69) is 0 Å². The predicted octanol–water partition coefficient (Wildman–Crippen LogP) is 1.13. The van der Waals surface area contributed by atoms with Crippen LogP contribution in [0.2, 0.25) is 0 Å². The summed E-state index contributed by atoms with van der Waals surface area (Å²) in [6.07, 6.45) is 2.39. The van der Waals surface area contributed by atoms with Crippen LogP contribution in [0.1, 0.15) is 25.7 Å². The Morgan fingerprint density at radius 3 is 2.44 bits per heavy atom. The van der Waals surface area contributed by atoms with E-state index >= 15 is 0 Å². The van der Waals surface area contributed by atoms with Crippen molar-refractivity contribution in [2.45, 2.75) is 31.3 Å². The number of carbonyl (C=O) groups is 1. The van der Waals surface area contributed by atoms with Gasteiger partial charge in [-0.2, -0.15) is 11.8 Å². The molecule has 0 bridgehead atoms. The second-order valence-electron chi connectivity index (χ2n) is 4.69. The molecule has 5 heteroatoms. The lowest BCUT2D eigenvalue weighted by atomic mass is 9.65. The first-order chi connectivity index (χ1) is 7.61. The molecule has 0 aromatic carbocycles. The highest BCUT2D eigenvalue weighted by molar-refractivity contribution is 7.99. The summed E-state index contributed by atoms with van der Waals surface area (Å²) in [5.41, 5.74) is -2.16. The third-order valence-electron chi connectivity index (χ3n) is 3.87. The zero-order valence-corrected chi connectivity index (χ0v) is 10.1. The molecule has 0 radical (unpaired) electrons. The van der Waals surface area contributed by atoms with Gasteiger partial charge in [0.15, 0.2) is 0 Å². The summed E-state index contributed by atoms with van der Waals surface area (Å²) in [5.74, 6) is 0.768. The molecule has 0 aromatic rings. The molecule has 2 heterocycles. The van der Waals surface area contributed by atoms with Crippen molar-refractivity contribution in [3.63, 3.8) is 0 Å². The smallest absolute Gasteiger partial charge is 0.312 e. The van der Waals surface area contributed by atoms with Crippen LogP contribution in [0.5, 0.6) is 0 Å². The molecule has 0 spiro atoms. The maximum Gasteiger partial charge on any atom is 0.312 e. The largest absolute Gasteiger partial charge is 0.481 e. The number of thioether (sulfide) groups is 1. The summed E-state index contributed by atoms with van der Waals surface area (Å²) in [4.78, 5) is 11.6. The molecule has 0 amide bonds. The Kier molecular flexibility index (Phi) is 3.47. The molecule has 1 unspecified atom stereocenters. The molecular formula is C11H18O4S. The second-order valence-corrected chi connectivity index (χ2v) is 5.91. The molecule has 0 saturated carbocycles. The maximum absolute atomic E-state index is 11.6. The Labute approximate surface area is 99.4 Å². The van der Waals surface area contributed by atoms with E-state index in [9.17, 15) is 15.0 Å². The topological polar surface area (TPSA) is 66.8 Å². The Hall–Kier alpha value is -0.260. The van der Waals surface area contributed by atoms with Crippen LogP contribution < -0.4 is 0 Å². The van der Waals surface area contributed by atoms with Gasteiger partial charge in [0.1, 0.15) is 11.0 Å². The van der Waals surface area contributed by atoms with Crippen molar-refractivity contribution in [3.8, 4) is 0 Å². The first-order valence-corrected chi connectivity index (χ1v) is 6.87. The molecular weight excluding hydrogens is 228 g/mol. The van der Waals surface area contributed by atoms with Gasteiger partial charge < -0.3 is 14.9 Å². The molecule has 0 aromatic heterocycles. The van der Waals surface area contributed by atoms with Crippen LogP contribution in [0.4, 0.5) is 0 Å². The number of ether oxygens (including phenoxy) is 1. The Morgan fingerprint density at radius 2 is 1.94 bits per heavy atom. The van der Waals surface area contributed by atoms with Gasteiger partial charge in [-0.1, -0.05) is 0 Å². The fourth-order valence-corrected chi connectivity index (χ4v) is 3.95. The van der Waals surface area contributed by atoms with Crippen molar-refractivity contribution in [3.05, 3.63) is 0 Å². The fourth-order valence-electron chi connectivity index (χ4n) is 2.76. The Morgan fingerprint density at radius 1 is 1.25 bits per heavy atom. The molecule has 4 nitrogen and oxygen atoms in total. The van der Waals surface area contributed by atoms with E-state index < -0.39 is 17.0 Å². The first kappa shape index (κ1) is 12.2. The van der Waals surface area contributed by atoms with Gasteiger partial charge in [-0.05, 0) is 37.2 Å². The summed E-state index contributed by atoms with van der Waals surface area (Å²) >= 11 is 1.76. The van der Waals surface area contributed by atoms with Gasteiger partial charge in [-0.25, -0.2) is 0 Å². The Bertz CT molecular complexity index is 267. The lowest BCUT2D eigenvalue weighted by molar-refractivity contribution is -0.193. The molecule has 92 valence electrons. The molecule has 16 heavy (non-hydrogen) atoms. The average Bonchev–Trinajstić information content (AvgIpc) is 2.30. The van der Waals surface area contributed by atoms with Gasteiger partial charge in [0.2, 0.25) is 0 Å². The van der Waals surface area contributed by atoms with Crippen molar-refractivity contribution in [1.82, 2.24) is 0 Å². The van der Waals surface area contributed by atoms with E-state index in [1.54, 1.807) is 11.8 Å². The fraction of sp³-hybridized carbons (Fsp3) is 0.909. The quantitative estimate of drug-likeness (QED) is 0.764. The van der Waals surface area contributed by atoms with Gasteiger partial charge in [-0.3, -0.25) is 4.79 Å². The minimum Gasteiger partial charge on any atom is -0.481 e. The van der Waals surface area contributed by atoms with Crippen LogP contribution in [-0.4, -0.2) is 46.5 Å². The van der Waals surface area contributed by atoms with E-state index in [0.717, 1.165) is 17.9 Å². The summed E-state index contributed by atoms with van der Waals surface area (Å²) in [6, 6.07) is 0. The van der Waals surface area contributed by atoms with E-state index in [4.69, 9.17) is 4.74 Å². The second kappa shape index (κ2) is 4.55. The van der Waals surface area contributed by atoms with E-state index in [1.807, 2.05) is 0 Å². The summed E-state index contributed by atoms with van der Waals surface area (Å²) in [6.45, 7) is 0.802. The number of hydrogen-bond donors (Lipinski definition) is 2. The van der Waals surface area contributed by atoms with Gasteiger partial charge in [0.25, 0.3) is 0 Å². The zero-order valence-electron chi connectivity index (χ0n) is 9.28. The Balaban J connectivity index is 2.26. The van der Waals surface area contributed by atoms with Crippen LogP contribution in [0.25, 0.3) is 0 Å². The third-order valence-corrected chi connectivity index (χ3v) is 4.85. The van der Waals surface area contributed by atoms with E-state index in [-0.39, 0.29) is 6.61 Å². The van der Waals surface area contributed by atoms with Crippen molar-refractivity contribution < 1.29 is 19.7 Å². The standard InChI is InChI=1S/C11H18O4S/c12-9(13)10(3-6-16-7-4-10)11(14)2-1-5-15-8-11/h14H,1-8H2,(H,12,13). The molecule has 0 aliphatic carbocycles. The van der Waals surface area contributed by atoms with Crippen molar-refractivity contribution in [2.75, 3.05) is 24.7 Å². The molecule has 1 atom stereocenters. The number of carboxylic acid groups (broad SMARTS) is 1. The van der Waals surface area contributed by atoms with Gasteiger partial charge in [0.05, 0.1) is 6.61 Å². The predicted molar refractivity (Wildman–Crippen MR) is 61.6 cm³/mol. The van der Waals surface area contributed by atoms with Crippen molar-refractivity contribution in [2.24, 2.45) is 5.41 Å². The SMILES string of the molecule is O=C(O)C1(C2(O)CCCOC2)CCSCC1. The van der Waals surface area contributed by atoms with Crippen LogP contribution in [-0.2, 0) is 9.53 Å². The minimum absolute atomic E-state index is 0.171. The number of hydrogen-bond acceptors (Lipinski definition) is 4. The first-order valence-electron chi connectivity index (χ1n) is 5.72. The van der Waals surface area contributed by atoms with Gasteiger partial charge in [-0.15, -0.1) is 0 Å². The molecule has 2 N–H and O–H groups in total. The zero-order chi connectivity index (χ0) is 11.6. The number of rotatable bonds is 2. The number of aliphatic carboxylic acids is 1. The third kappa shape index (κ3) is 1.85. The van der Waals surface area contributed by atoms with Crippen LogP contribution in [0, 0.1) is 5.41 Å². The summed E-state index contributed by atoms with van der Waals surface area (Å²) in [7, 11) is 0. The molecule has 2 aliphatic rings. The highest BCUT2D eigenvalue weighted by atomic mass is 32.2. The minimum atomic E-state index is -1.17. The van der Waals surface area contributed by atoms with Crippen LogP contribution >= 0.6 is 11.8 Å². The lowest BCUT2D eigenvalue weighted by Gasteiger charge is -2.47. The van der Waals surface area contributed by atoms with Crippen molar-refractivity contribution in [1.29, 1.82) is 0 Å². The summed E-state index contributed by atoms with van der Waals surface area (Å²) < 4.78 is 5.29. The van der Waals surface area contributed by atoms with E-state index in [0.29, 0.717) is 25.9 Å². The van der Waals surface area contributed by atoms with Crippen molar-refractivity contribution >= 4 is 17.7 Å².